The highest BCUT2D eigenvalue weighted by atomic mass is 79.9. The molecular weight excluding hydrogens is 549 g/mol. The molecule has 0 radical (unpaired) electrons. The fourth-order valence-corrected chi connectivity index (χ4v) is 4.37. The lowest BCUT2D eigenvalue weighted by molar-refractivity contribution is -0.148. The Hall–Kier alpha value is 0.840. The summed E-state index contributed by atoms with van der Waals surface area (Å²) in [6.45, 7) is 3.96. The van der Waals surface area contributed by atoms with E-state index in [1.54, 1.807) is 0 Å². The van der Waals surface area contributed by atoms with Crippen LogP contribution in [-0.4, -0.2) is 5.97 Å². The lowest BCUT2D eigenvalue weighted by atomic mass is 10.1. The molecule has 2 nitrogen and oxygen atoms in total. The van der Waals surface area contributed by atoms with Gasteiger partial charge < -0.3 is 4.74 Å². The first-order chi connectivity index (χ1) is 11.0. The Bertz CT molecular complexity index is 716. The van der Waals surface area contributed by atoms with E-state index in [9.17, 15) is 4.79 Å². The van der Waals surface area contributed by atoms with E-state index < -0.39 is 11.5 Å². The molecule has 1 aromatic rings. The maximum Gasteiger partial charge on any atom is 0.311 e. The number of hydrogen-bond acceptors (Lipinski definition) is 2. The van der Waals surface area contributed by atoms with E-state index in [2.05, 4.69) is 31.9 Å². The Morgan fingerprint density at radius 1 is 1.21 bits per heavy atom. The van der Waals surface area contributed by atoms with Crippen LogP contribution >= 0.6 is 89.9 Å². The van der Waals surface area contributed by atoms with Crippen molar-refractivity contribution in [3.63, 3.8) is 0 Å². The van der Waals surface area contributed by atoms with Crippen LogP contribution in [0.1, 0.15) is 25.0 Å². The monoisotopic (exact) mass is 556 g/mol. The summed E-state index contributed by atoms with van der Waals surface area (Å²) in [6, 6.07) is 1.44. The predicted octanol–water partition coefficient (Wildman–Crippen LogP) is 7.98. The molecule has 3 unspecified atom stereocenters. The molecule has 1 aliphatic rings. The molecule has 0 saturated heterocycles. The van der Waals surface area contributed by atoms with Gasteiger partial charge in [-0.2, -0.15) is 0 Å². The van der Waals surface area contributed by atoms with Gasteiger partial charge >= 0.3 is 5.97 Å². The second-order valence-electron chi connectivity index (χ2n) is 5.92. The first-order valence-electron chi connectivity index (χ1n) is 6.68. The van der Waals surface area contributed by atoms with Gasteiger partial charge in [-0.25, -0.2) is 0 Å². The second kappa shape index (κ2) is 7.84. The van der Waals surface area contributed by atoms with E-state index in [4.69, 9.17) is 62.7 Å². The van der Waals surface area contributed by atoms with Crippen molar-refractivity contribution in [1.29, 1.82) is 0 Å². The Morgan fingerprint density at radius 3 is 2.33 bits per heavy atom. The van der Waals surface area contributed by atoms with Crippen molar-refractivity contribution in [3.8, 4) is 0 Å². The summed E-state index contributed by atoms with van der Waals surface area (Å²) >= 11 is 36.8. The Kier molecular flexibility index (Phi) is 6.90. The van der Waals surface area contributed by atoms with Crippen molar-refractivity contribution in [2.75, 3.05) is 0 Å². The molecule has 0 aromatic heterocycles. The number of rotatable bonds is 4. The summed E-state index contributed by atoms with van der Waals surface area (Å²) < 4.78 is 6.14. The molecule has 1 saturated carbocycles. The number of carbonyl (C=O) groups excluding carboxylic acids is 1. The standard InChI is InChI=1S/C15H11Br2Cl5O2/c1-15(2)6(4-8(16)17)9(15)14(23)24-13(22)5-3-7(18)11(20)12(21)10(5)19/h3-4,6,9,13H,1-2H3. The third kappa shape index (κ3) is 4.21. The minimum atomic E-state index is -1.12. The van der Waals surface area contributed by atoms with Crippen LogP contribution in [0.3, 0.4) is 0 Å². The number of benzene rings is 1. The quantitative estimate of drug-likeness (QED) is 0.162. The number of ether oxygens (including phenoxy) is 1. The van der Waals surface area contributed by atoms with Crippen molar-refractivity contribution in [2.24, 2.45) is 17.3 Å². The first kappa shape index (κ1) is 21.1. The number of hydrogen-bond donors (Lipinski definition) is 0. The summed E-state index contributed by atoms with van der Waals surface area (Å²) in [5.41, 5.74) is -1.05. The van der Waals surface area contributed by atoms with Gasteiger partial charge in [0.05, 0.1) is 29.4 Å². The molecular formula is C15H11Br2Cl5O2. The highest BCUT2D eigenvalue weighted by molar-refractivity contribution is 9.28. The number of esters is 1. The number of carbonyl (C=O) groups is 1. The zero-order chi connectivity index (χ0) is 18.4. The average molecular weight is 560 g/mol. The van der Waals surface area contributed by atoms with E-state index in [0.717, 1.165) is 3.39 Å². The van der Waals surface area contributed by atoms with Gasteiger partial charge in [-0.15, -0.1) is 0 Å². The molecule has 1 fully saturated rings. The highest BCUT2D eigenvalue weighted by Crippen LogP contribution is 2.60. The van der Waals surface area contributed by atoms with Gasteiger partial charge in [0.15, 0.2) is 0 Å². The van der Waals surface area contributed by atoms with Crippen LogP contribution in [-0.2, 0) is 9.53 Å². The maximum atomic E-state index is 12.4. The minimum Gasteiger partial charge on any atom is -0.441 e. The van der Waals surface area contributed by atoms with Crippen LogP contribution in [0.25, 0.3) is 0 Å². The molecule has 1 aromatic carbocycles. The summed E-state index contributed by atoms with van der Waals surface area (Å²) in [7, 11) is 0. The van der Waals surface area contributed by atoms with Crippen molar-refractivity contribution in [2.45, 2.75) is 19.4 Å². The predicted molar refractivity (Wildman–Crippen MR) is 108 cm³/mol. The molecule has 1 aliphatic carbocycles. The number of alkyl halides is 1. The Labute approximate surface area is 182 Å². The first-order valence-corrected chi connectivity index (χ1v) is 10.2. The summed E-state index contributed by atoms with van der Waals surface area (Å²) in [4.78, 5) is 12.4. The van der Waals surface area contributed by atoms with Gasteiger partial charge in [-0.1, -0.05) is 77.9 Å². The zero-order valence-corrected chi connectivity index (χ0v) is 19.3. The van der Waals surface area contributed by atoms with Crippen molar-refractivity contribution in [1.82, 2.24) is 0 Å². The van der Waals surface area contributed by atoms with E-state index >= 15 is 0 Å². The van der Waals surface area contributed by atoms with Gasteiger partial charge in [0.25, 0.3) is 0 Å². The molecule has 0 aliphatic heterocycles. The van der Waals surface area contributed by atoms with E-state index in [-0.39, 0.29) is 37.3 Å². The van der Waals surface area contributed by atoms with Crippen molar-refractivity contribution >= 4 is 95.8 Å². The maximum absolute atomic E-state index is 12.4. The minimum absolute atomic E-state index is 0.0375. The van der Waals surface area contributed by atoms with Crippen LogP contribution in [0, 0.1) is 17.3 Å². The number of allylic oxidation sites excluding steroid dienone is 1. The molecule has 132 valence electrons. The van der Waals surface area contributed by atoms with Crippen molar-refractivity contribution in [3.05, 3.63) is 41.2 Å². The molecule has 2 rings (SSSR count). The summed E-state index contributed by atoms with van der Waals surface area (Å²) in [5.74, 6) is -0.683. The van der Waals surface area contributed by atoms with E-state index in [1.807, 2.05) is 19.9 Å². The molecule has 0 spiro atoms. The van der Waals surface area contributed by atoms with E-state index in [1.165, 1.54) is 6.07 Å². The topological polar surface area (TPSA) is 26.3 Å². The zero-order valence-electron chi connectivity index (χ0n) is 12.3. The lowest BCUT2D eigenvalue weighted by Gasteiger charge is -2.15. The molecule has 0 N–H and O–H groups in total. The van der Waals surface area contributed by atoms with Gasteiger partial charge in [-0.3, -0.25) is 4.79 Å². The highest BCUT2D eigenvalue weighted by Gasteiger charge is 2.61. The molecule has 3 atom stereocenters. The smallest absolute Gasteiger partial charge is 0.311 e. The lowest BCUT2D eigenvalue weighted by Crippen LogP contribution is -2.13. The Balaban J connectivity index is 2.18. The molecule has 0 bridgehead atoms. The molecule has 0 amide bonds. The van der Waals surface area contributed by atoms with Gasteiger partial charge in [0, 0.05) is 5.56 Å². The second-order valence-corrected chi connectivity index (χ2v) is 10.6. The van der Waals surface area contributed by atoms with Gasteiger partial charge in [0.2, 0.25) is 5.56 Å². The van der Waals surface area contributed by atoms with Crippen LogP contribution < -0.4 is 0 Å². The van der Waals surface area contributed by atoms with Crippen LogP contribution in [0.2, 0.25) is 20.1 Å². The largest absolute Gasteiger partial charge is 0.441 e. The van der Waals surface area contributed by atoms with Crippen LogP contribution in [0.5, 0.6) is 0 Å². The SMILES string of the molecule is CC1(C)C(C=C(Br)Br)C1C(=O)OC(Cl)c1cc(Cl)c(Cl)c(Cl)c1Cl. The van der Waals surface area contributed by atoms with E-state index in [0.29, 0.717) is 5.56 Å². The van der Waals surface area contributed by atoms with Crippen LogP contribution in [0.4, 0.5) is 0 Å². The third-order valence-electron chi connectivity index (χ3n) is 4.07. The van der Waals surface area contributed by atoms with Crippen molar-refractivity contribution < 1.29 is 9.53 Å². The van der Waals surface area contributed by atoms with Gasteiger partial charge in [-0.05, 0) is 49.3 Å². The fraction of sp³-hybridized carbons (Fsp3) is 0.400. The molecule has 9 heteroatoms. The normalized spacial score (nSPS) is 22.7. The van der Waals surface area contributed by atoms with Gasteiger partial charge in [0.1, 0.15) is 0 Å². The fourth-order valence-electron chi connectivity index (χ4n) is 2.57. The number of halogens is 7. The molecule has 24 heavy (non-hydrogen) atoms. The Morgan fingerprint density at radius 2 is 1.79 bits per heavy atom. The summed E-state index contributed by atoms with van der Waals surface area (Å²) in [5, 5.41) is 0.475. The average Bonchev–Trinajstić information content (AvgIpc) is 3.00. The summed E-state index contributed by atoms with van der Waals surface area (Å²) in [6.07, 6.45) is 1.91. The third-order valence-corrected chi connectivity index (χ3v) is 6.68. The molecule has 0 heterocycles. The van der Waals surface area contributed by atoms with Crippen LogP contribution in [0.15, 0.2) is 15.5 Å².